The molecule has 0 bridgehead atoms. The van der Waals surface area contributed by atoms with Crippen LogP contribution in [-0.2, 0) is 0 Å². The molecule has 1 aromatic rings. The molecule has 0 saturated carbocycles. The van der Waals surface area contributed by atoms with Gasteiger partial charge in [-0.25, -0.2) is 4.39 Å². The minimum Gasteiger partial charge on any atom is -0.338 e. The zero-order valence-electron chi connectivity index (χ0n) is 10.5. The predicted molar refractivity (Wildman–Crippen MR) is 73.6 cm³/mol. The lowest BCUT2D eigenvalue weighted by Gasteiger charge is -2.17. The zero-order chi connectivity index (χ0) is 13.1. The predicted octanol–water partition coefficient (Wildman–Crippen LogP) is 3.38. The fraction of sp³-hybridized carbons (Fsp3) is 0.500. The summed E-state index contributed by atoms with van der Waals surface area (Å²) in [6, 6.07) is 4.99. The van der Waals surface area contributed by atoms with Crippen LogP contribution in [0.1, 0.15) is 28.8 Å². The van der Waals surface area contributed by atoms with Crippen LogP contribution >= 0.6 is 15.9 Å². The number of hydrogen-bond acceptors (Lipinski definition) is 1. The number of hydrogen-bond donors (Lipinski definition) is 0. The highest BCUT2D eigenvalue weighted by molar-refractivity contribution is 9.09. The van der Waals surface area contributed by atoms with Crippen molar-refractivity contribution in [2.75, 3.05) is 18.4 Å². The number of amides is 1. The van der Waals surface area contributed by atoms with Gasteiger partial charge in [-0.3, -0.25) is 4.79 Å². The molecule has 1 heterocycles. The van der Waals surface area contributed by atoms with Gasteiger partial charge in [0.2, 0.25) is 0 Å². The van der Waals surface area contributed by atoms with Crippen molar-refractivity contribution in [2.24, 2.45) is 5.92 Å². The van der Waals surface area contributed by atoms with E-state index in [0.29, 0.717) is 11.5 Å². The lowest BCUT2D eigenvalue weighted by Crippen LogP contribution is -2.29. The smallest absolute Gasteiger partial charge is 0.256 e. The first-order chi connectivity index (χ1) is 8.63. The molecule has 2 rings (SSSR count). The molecule has 0 aliphatic carbocycles. The quantitative estimate of drug-likeness (QED) is 0.783. The van der Waals surface area contributed by atoms with E-state index in [0.717, 1.165) is 31.3 Å². The van der Waals surface area contributed by atoms with E-state index in [1.165, 1.54) is 0 Å². The van der Waals surface area contributed by atoms with Gasteiger partial charge in [0.15, 0.2) is 0 Å². The van der Waals surface area contributed by atoms with Crippen molar-refractivity contribution < 1.29 is 9.18 Å². The Bertz CT molecular complexity index is 449. The number of nitrogens with zero attached hydrogens (tertiary/aromatic N) is 1. The van der Waals surface area contributed by atoms with Crippen LogP contribution in [0.5, 0.6) is 0 Å². The molecule has 1 saturated heterocycles. The highest BCUT2D eigenvalue weighted by Gasteiger charge is 2.27. The summed E-state index contributed by atoms with van der Waals surface area (Å²) in [5.41, 5.74) is 0.728. The first-order valence-electron chi connectivity index (χ1n) is 6.24. The van der Waals surface area contributed by atoms with Crippen molar-refractivity contribution in [1.29, 1.82) is 0 Å². The third-order valence-electron chi connectivity index (χ3n) is 3.51. The maximum atomic E-state index is 13.9. The van der Waals surface area contributed by atoms with Crippen molar-refractivity contribution >= 4 is 21.8 Å². The Balaban J connectivity index is 2.11. The molecule has 0 aromatic heterocycles. The summed E-state index contributed by atoms with van der Waals surface area (Å²) in [4.78, 5) is 14.0. The number of rotatable bonds is 3. The zero-order valence-corrected chi connectivity index (χ0v) is 12.0. The average molecular weight is 314 g/mol. The minimum atomic E-state index is -0.383. The van der Waals surface area contributed by atoms with Gasteiger partial charge >= 0.3 is 0 Å². The van der Waals surface area contributed by atoms with Crippen molar-refractivity contribution in [1.82, 2.24) is 4.90 Å². The van der Waals surface area contributed by atoms with Crippen LogP contribution in [0.25, 0.3) is 0 Å². The van der Waals surface area contributed by atoms with E-state index in [4.69, 9.17) is 0 Å². The fourth-order valence-electron chi connectivity index (χ4n) is 2.39. The maximum Gasteiger partial charge on any atom is 0.256 e. The van der Waals surface area contributed by atoms with Gasteiger partial charge in [0.1, 0.15) is 5.82 Å². The van der Waals surface area contributed by atoms with Crippen molar-refractivity contribution in [3.05, 3.63) is 35.1 Å². The molecule has 1 aliphatic rings. The number of carbonyl (C=O) groups excluding carboxylic acids is 1. The van der Waals surface area contributed by atoms with Crippen LogP contribution in [-0.4, -0.2) is 29.2 Å². The summed E-state index contributed by atoms with van der Waals surface area (Å²) in [6.45, 7) is 3.17. The van der Waals surface area contributed by atoms with Crippen LogP contribution in [0.2, 0.25) is 0 Å². The number of benzene rings is 1. The number of alkyl halides is 1. The molecule has 18 heavy (non-hydrogen) atoms. The van der Waals surface area contributed by atoms with Gasteiger partial charge in [0.05, 0.1) is 5.56 Å². The standard InChI is InChI=1S/C14H17BrFNO/c1-10-3-2-4-12(13(10)16)14(18)17-8-6-11(9-17)5-7-15/h2-4,11H,5-9H2,1H3. The van der Waals surface area contributed by atoms with E-state index in [1.807, 2.05) is 0 Å². The van der Waals surface area contributed by atoms with E-state index in [-0.39, 0.29) is 17.3 Å². The Morgan fingerprint density at radius 1 is 1.56 bits per heavy atom. The van der Waals surface area contributed by atoms with E-state index in [2.05, 4.69) is 15.9 Å². The number of likely N-dealkylation sites (tertiary alicyclic amines) is 1. The fourth-order valence-corrected chi connectivity index (χ4v) is 3.04. The summed E-state index contributed by atoms with van der Waals surface area (Å²) in [5, 5.41) is 0.957. The van der Waals surface area contributed by atoms with Crippen molar-refractivity contribution in [2.45, 2.75) is 19.8 Å². The van der Waals surface area contributed by atoms with Gasteiger partial charge in [-0.15, -0.1) is 0 Å². The van der Waals surface area contributed by atoms with Gasteiger partial charge in [-0.2, -0.15) is 0 Å². The number of aryl methyl sites for hydroxylation is 1. The molecule has 0 N–H and O–H groups in total. The van der Waals surface area contributed by atoms with Crippen LogP contribution in [0.15, 0.2) is 18.2 Å². The van der Waals surface area contributed by atoms with Gasteiger partial charge in [0.25, 0.3) is 5.91 Å². The molecule has 4 heteroatoms. The molecule has 1 atom stereocenters. The molecule has 1 amide bonds. The maximum absolute atomic E-state index is 13.9. The van der Waals surface area contributed by atoms with Crippen molar-refractivity contribution in [3.63, 3.8) is 0 Å². The molecule has 1 unspecified atom stereocenters. The molecule has 0 radical (unpaired) electrons. The first-order valence-corrected chi connectivity index (χ1v) is 7.36. The van der Waals surface area contributed by atoms with E-state index in [9.17, 15) is 9.18 Å². The Hall–Kier alpha value is -0.900. The summed E-state index contributed by atoms with van der Waals surface area (Å²) in [5.74, 6) is -0.0130. The molecule has 2 nitrogen and oxygen atoms in total. The lowest BCUT2D eigenvalue weighted by molar-refractivity contribution is 0.0782. The van der Waals surface area contributed by atoms with Crippen LogP contribution in [0.3, 0.4) is 0 Å². The Kier molecular flexibility index (Phi) is 4.38. The van der Waals surface area contributed by atoms with E-state index >= 15 is 0 Å². The molecular formula is C14H17BrFNO. The third-order valence-corrected chi connectivity index (χ3v) is 3.97. The second-order valence-corrected chi connectivity index (χ2v) is 5.61. The summed E-state index contributed by atoms with van der Waals surface area (Å²) < 4.78 is 13.9. The van der Waals surface area contributed by atoms with Crippen LogP contribution < -0.4 is 0 Å². The third kappa shape index (κ3) is 2.74. The molecule has 1 fully saturated rings. The minimum absolute atomic E-state index is 0.173. The van der Waals surface area contributed by atoms with Crippen LogP contribution in [0.4, 0.5) is 4.39 Å². The molecule has 98 valence electrons. The molecule has 1 aliphatic heterocycles. The summed E-state index contributed by atoms with van der Waals surface area (Å²) >= 11 is 3.42. The highest BCUT2D eigenvalue weighted by Crippen LogP contribution is 2.23. The monoisotopic (exact) mass is 313 g/mol. The topological polar surface area (TPSA) is 20.3 Å². The Morgan fingerprint density at radius 3 is 3.06 bits per heavy atom. The summed E-state index contributed by atoms with van der Waals surface area (Å²) in [7, 11) is 0. The second kappa shape index (κ2) is 5.83. The van der Waals surface area contributed by atoms with Gasteiger partial charge in [-0.05, 0) is 37.3 Å². The SMILES string of the molecule is Cc1cccc(C(=O)N2CCC(CCBr)C2)c1F. The molecule has 0 spiro atoms. The molecular weight excluding hydrogens is 297 g/mol. The average Bonchev–Trinajstić information content (AvgIpc) is 2.81. The second-order valence-electron chi connectivity index (χ2n) is 4.82. The number of halogens is 2. The number of carbonyl (C=O) groups is 1. The van der Waals surface area contributed by atoms with Gasteiger partial charge < -0.3 is 4.90 Å². The van der Waals surface area contributed by atoms with E-state index in [1.54, 1.807) is 30.0 Å². The highest BCUT2D eigenvalue weighted by atomic mass is 79.9. The summed E-state index contributed by atoms with van der Waals surface area (Å²) in [6.07, 6.45) is 2.09. The normalized spacial score (nSPS) is 19.3. The largest absolute Gasteiger partial charge is 0.338 e. The Morgan fingerprint density at radius 2 is 2.33 bits per heavy atom. The van der Waals surface area contributed by atoms with Crippen LogP contribution in [0, 0.1) is 18.7 Å². The lowest BCUT2D eigenvalue weighted by atomic mass is 10.1. The first kappa shape index (κ1) is 13.5. The molecule has 1 aromatic carbocycles. The van der Waals surface area contributed by atoms with E-state index < -0.39 is 0 Å². The van der Waals surface area contributed by atoms with Gasteiger partial charge in [-0.1, -0.05) is 28.1 Å². The Labute approximate surface area is 115 Å². The van der Waals surface area contributed by atoms with Gasteiger partial charge in [0, 0.05) is 18.4 Å². The van der Waals surface area contributed by atoms with Crippen molar-refractivity contribution in [3.8, 4) is 0 Å².